The van der Waals surface area contributed by atoms with Crippen LogP contribution in [0, 0.1) is 5.41 Å². The molecule has 4 unspecified atom stereocenters. The monoisotopic (exact) mass is 757 g/mol. The van der Waals surface area contributed by atoms with Crippen molar-refractivity contribution in [3.63, 3.8) is 0 Å². The highest BCUT2D eigenvalue weighted by molar-refractivity contribution is 7.09. The largest absolute Gasteiger partial charge is 0.497 e. The van der Waals surface area contributed by atoms with E-state index < -0.39 is 23.2 Å². The van der Waals surface area contributed by atoms with Gasteiger partial charge in [-0.3, -0.25) is 4.79 Å². The first kappa shape index (κ1) is 38.5. The van der Waals surface area contributed by atoms with Crippen molar-refractivity contribution in [3.05, 3.63) is 141 Å². The number of methoxy groups -OCH3 is 1. The third-order valence-electron chi connectivity index (χ3n) is 12.1. The van der Waals surface area contributed by atoms with E-state index in [1.807, 2.05) is 72.1 Å². The van der Waals surface area contributed by atoms with Crippen molar-refractivity contribution in [2.45, 2.75) is 82.8 Å². The Balaban J connectivity index is 1.26. The number of hydrogen-bond donors (Lipinski definition) is 2. The first-order valence-electron chi connectivity index (χ1n) is 19.4. The molecule has 0 spiro atoms. The van der Waals surface area contributed by atoms with Crippen LogP contribution >= 0.6 is 11.3 Å². The van der Waals surface area contributed by atoms with Crippen LogP contribution in [0.5, 0.6) is 11.5 Å². The van der Waals surface area contributed by atoms with Crippen LogP contribution in [0.4, 0.5) is 4.79 Å². The molecular weight excluding hydrogens is 707 g/mol. The number of aliphatic hydroxyl groups excluding tert-OH is 1. The maximum absolute atomic E-state index is 14.4. The highest BCUT2D eigenvalue weighted by atomic mass is 32.1. The van der Waals surface area contributed by atoms with Gasteiger partial charge in [0, 0.05) is 28.0 Å². The van der Waals surface area contributed by atoms with E-state index >= 15 is 0 Å². The SMILES string of the molecule is COc1ccc(C(=O)c2cc3ccc2C2CCC(O)(CN(CCc4cccs4)C(=O)Oc4ccc5ccccc5c4)C2(C)CCC=C(C)CCC(O)C3)cc1. The van der Waals surface area contributed by atoms with Crippen LogP contribution in [-0.4, -0.2) is 58.9 Å². The quantitative estimate of drug-likeness (QED) is 0.115. The van der Waals surface area contributed by atoms with Crippen molar-refractivity contribution in [1.82, 2.24) is 4.90 Å². The second kappa shape index (κ2) is 16.5. The smallest absolute Gasteiger partial charge is 0.415 e. The molecular formula is C47H51NO6S. The molecule has 8 rings (SSSR count). The molecule has 1 fully saturated rings. The van der Waals surface area contributed by atoms with Gasteiger partial charge in [-0.15, -0.1) is 11.3 Å². The summed E-state index contributed by atoms with van der Waals surface area (Å²) in [4.78, 5) is 31.5. The van der Waals surface area contributed by atoms with E-state index in [1.54, 1.807) is 47.6 Å². The van der Waals surface area contributed by atoms with Gasteiger partial charge in [0.2, 0.25) is 0 Å². The molecule has 1 heterocycles. The van der Waals surface area contributed by atoms with Crippen molar-refractivity contribution in [2.75, 3.05) is 20.2 Å². The van der Waals surface area contributed by atoms with Gasteiger partial charge in [-0.05, 0) is 140 Å². The fourth-order valence-electron chi connectivity index (χ4n) is 8.74. The number of allylic oxidation sites excluding steroid dienone is 2. The predicted molar refractivity (Wildman–Crippen MR) is 219 cm³/mol. The van der Waals surface area contributed by atoms with Crippen molar-refractivity contribution >= 4 is 34.0 Å². The van der Waals surface area contributed by atoms with E-state index in [0.29, 0.717) is 74.1 Å². The Morgan fingerprint density at radius 3 is 2.45 bits per heavy atom. The van der Waals surface area contributed by atoms with Crippen molar-refractivity contribution in [2.24, 2.45) is 5.41 Å². The fourth-order valence-corrected chi connectivity index (χ4v) is 9.44. The van der Waals surface area contributed by atoms with Gasteiger partial charge in [0.25, 0.3) is 0 Å². The molecule has 8 heteroatoms. The molecule has 0 aliphatic heterocycles. The van der Waals surface area contributed by atoms with Crippen molar-refractivity contribution < 1.29 is 29.3 Å². The van der Waals surface area contributed by atoms with Crippen LogP contribution in [0.25, 0.3) is 10.8 Å². The number of hydrogen-bond acceptors (Lipinski definition) is 7. The number of carbonyl (C=O) groups is 2. The van der Waals surface area contributed by atoms with Gasteiger partial charge in [0.1, 0.15) is 11.5 Å². The lowest BCUT2D eigenvalue weighted by Gasteiger charge is -2.46. The van der Waals surface area contributed by atoms with Crippen molar-refractivity contribution in [1.29, 1.82) is 0 Å². The first-order valence-corrected chi connectivity index (χ1v) is 20.3. The summed E-state index contributed by atoms with van der Waals surface area (Å²) in [7, 11) is 1.60. The van der Waals surface area contributed by atoms with E-state index in [0.717, 1.165) is 33.2 Å². The Kier molecular flexibility index (Phi) is 11.6. The molecule has 3 aliphatic rings. The number of ketones is 1. The second-order valence-electron chi connectivity index (χ2n) is 15.6. The van der Waals surface area contributed by atoms with Gasteiger partial charge in [0.05, 0.1) is 25.4 Å². The van der Waals surface area contributed by atoms with Crippen LogP contribution < -0.4 is 9.47 Å². The zero-order valence-corrected chi connectivity index (χ0v) is 32.8. The number of nitrogens with zero attached hydrogens (tertiary/aromatic N) is 1. The van der Waals surface area contributed by atoms with Gasteiger partial charge in [-0.1, -0.05) is 67.1 Å². The zero-order valence-electron chi connectivity index (χ0n) is 32.0. The summed E-state index contributed by atoms with van der Waals surface area (Å²) < 4.78 is 11.4. The third-order valence-corrected chi connectivity index (χ3v) is 13.0. The molecule has 4 aromatic carbocycles. The zero-order chi connectivity index (χ0) is 38.6. The average molecular weight is 758 g/mol. The normalized spacial score (nSPS) is 22.7. The number of ether oxygens (including phenoxy) is 2. The minimum Gasteiger partial charge on any atom is -0.497 e. The molecule has 1 saturated carbocycles. The van der Waals surface area contributed by atoms with Gasteiger partial charge in [-0.2, -0.15) is 0 Å². The molecule has 4 atom stereocenters. The number of fused-ring (bicyclic) bond motifs is 9. The molecule has 286 valence electrons. The Morgan fingerprint density at radius 2 is 1.69 bits per heavy atom. The van der Waals surface area contributed by atoms with E-state index in [-0.39, 0.29) is 18.2 Å². The minimum atomic E-state index is -1.29. The van der Waals surface area contributed by atoms with Gasteiger partial charge < -0.3 is 24.6 Å². The molecule has 7 nitrogen and oxygen atoms in total. The number of benzene rings is 4. The fraction of sp³-hybridized carbons (Fsp3) is 0.362. The summed E-state index contributed by atoms with van der Waals surface area (Å²) in [6.45, 7) is 4.72. The third kappa shape index (κ3) is 8.42. The molecule has 0 radical (unpaired) electrons. The second-order valence-corrected chi connectivity index (χ2v) is 16.7. The van der Waals surface area contributed by atoms with Gasteiger partial charge >= 0.3 is 6.09 Å². The molecule has 2 N–H and O–H groups in total. The Morgan fingerprint density at radius 1 is 0.909 bits per heavy atom. The Hall–Kier alpha value is -4.76. The van der Waals surface area contributed by atoms with E-state index in [1.165, 1.54) is 5.57 Å². The first-order chi connectivity index (χ1) is 26.5. The number of amides is 1. The van der Waals surface area contributed by atoms with Gasteiger partial charge in [0.15, 0.2) is 5.78 Å². The summed E-state index contributed by atoms with van der Waals surface area (Å²) in [5.41, 5.74) is 2.13. The van der Waals surface area contributed by atoms with Crippen LogP contribution in [0.1, 0.15) is 90.2 Å². The summed E-state index contributed by atoms with van der Waals surface area (Å²) in [6, 6.07) is 30.9. The van der Waals surface area contributed by atoms with Crippen LogP contribution in [0.2, 0.25) is 0 Å². The molecule has 3 aliphatic carbocycles. The lowest BCUT2D eigenvalue weighted by atomic mass is 9.64. The number of rotatable bonds is 9. The molecule has 1 amide bonds. The minimum absolute atomic E-state index is 0.0898. The summed E-state index contributed by atoms with van der Waals surface area (Å²) in [5.74, 6) is 0.840. The van der Waals surface area contributed by atoms with Crippen LogP contribution in [0.15, 0.2) is 114 Å². The predicted octanol–water partition coefficient (Wildman–Crippen LogP) is 9.92. The summed E-state index contributed by atoms with van der Waals surface area (Å²) in [5, 5.41) is 28.2. The highest BCUT2D eigenvalue weighted by Crippen LogP contribution is 2.59. The average Bonchev–Trinajstić information content (AvgIpc) is 3.80. The topological polar surface area (TPSA) is 96.3 Å². The van der Waals surface area contributed by atoms with E-state index in [2.05, 4.69) is 26.0 Å². The number of carbonyl (C=O) groups excluding carboxylic acids is 2. The summed E-state index contributed by atoms with van der Waals surface area (Å²) >= 11 is 1.65. The Bertz CT molecular complexity index is 2160. The van der Waals surface area contributed by atoms with E-state index in [9.17, 15) is 19.8 Å². The molecule has 5 aromatic rings. The maximum atomic E-state index is 14.4. The van der Waals surface area contributed by atoms with Crippen LogP contribution in [0.3, 0.4) is 0 Å². The van der Waals surface area contributed by atoms with E-state index in [4.69, 9.17) is 9.47 Å². The number of aliphatic hydroxyl groups is 2. The molecule has 2 bridgehead atoms. The standard InChI is InChI=1S/C47H51NO6S/c1-32-8-6-24-46(2)43(41-21-13-33(28-37(49)17-12-32)29-42(41)44(50)35-15-18-38(53-3)19-16-35)22-25-47(46,52)31-48(26-23-40-11-7-27-55-40)45(51)54-39-20-14-34-9-4-5-10-36(34)30-39/h4-5,7-11,13-16,18-21,27,29-30,37,43,49,52H,6,12,17,22-26,28,31H2,1-3H3. The molecule has 0 saturated heterocycles. The maximum Gasteiger partial charge on any atom is 0.415 e. The highest BCUT2D eigenvalue weighted by Gasteiger charge is 2.57. The number of thiophene rings is 1. The molecule has 55 heavy (non-hydrogen) atoms. The lowest BCUT2D eigenvalue weighted by molar-refractivity contribution is -0.0789. The lowest BCUT2D eigenvalue weighted by Crippen LogP contribution is -2.54. The molecule has 1 aromatic heterocycles. The summed E-state index contributed by atoms with van der Waals surface area (Å²) in [6.07, 6.45) is 6.11. The van der Waals surface area contributed by atoms with Gasteiger partial charge in [-0.25, -0.2) is 4.79 Å². The van der Waals surface area contributed by atoms with Crippen molar-refractivity contribution in [3.8, 4) is 11.5 Å². The Labute approximate surface area is 328 Å². The van der Waals surface area contributed by atoms with Crippen LogP contribution in [-0.2, 0) is 12.8 Å².